The smallest absolute Gasteiger partial charge is 0.550 e. The molecule has 1 atom stereocenters. The molecule has 0 bridgehead atoms. The first-order valence-corrected chi connectivity index (χ1v) is 14.2. The van der Waals surface area contributed by atoms with Crippen LogP contribution in [0.25, 0.3) is 11.1 Å². The Kier molecular flexibility index (Phi) is 12.7. The molecule has 0 unspecified atom stereocenters. The van der Waals surface area contributed by atoms with Crippen LogP contribution in [0.3, 0.4) is 0 Å². The van der Waals surface area contributed by atoms with Gasteiger partial charge in [-0.25, -0.2) is 13.6 Å². The van der Waals surface area contributed by atoms with Crippen molar-refractivity contribution in [1.82, 2.24) is 14.0 Å². The SMILES string of the molecule is COc1cccc(-c2c(C)n(Cc3c(F)cccc3C(F)(F)F)c(=O)n(C[C@@H](c3ccccc3)N(C)CCCC(=O)[O-])c2=O)c1F.[Na+]. The zero-order valence-electron chi connectivity index (χ0n) is 26.2. The molecule has 0 aliphatic heterocycles. The molecule has 3 aromatic carbocycles. The van der Waals surface area contributed by atoms with Gasteiger partial charge >= 0.3 is 41.4 Å². The number of hydrogen-bond donors (Lipinski definition) is 0. The summed E-state index contributed by atoms with van der Waals surface area (Å²) >= 11 is 0. The van der Waals surface area contributed by atoms with Crippen LogP contribution in [-0.4, -0.2) is 40.7 Å². The fourth-order valence-electron chi connectivity index (χ4n) is 5.44. The van der Waals surface area contributed by atoms with Crippen molar-refractivity contribution < 1.29 is 66.1 Å². The second-order valence-corrected chi connectivity index (χ2v) is 10.7. The van der Waals surface area contributed by atoms with E-state index < -0.39 is 58.7 Å². The van der Waals surface area contributed by atoms with E-state index in [2.05, 4.69) is 0 Å². The van der Waals surface area contributed by atoms with Crippen LogP contribution in [0.4, 0.5) is 22.0 Å². The van der Waals surface area contributed by atoms with Crippen LogP contribution in [0.15, 0.2) is 76.3 Å². The van der Waals surface area contributed by atoms with Crippen molar-refractivity contribution in [1.29, 1.82) is 0 Å². The van der Waals surface area contributed by atoms with Crippen LogP contribution >= 0.6 is 0 Å². The molecule has 4 rings (SSSR count). The topological polar surface area (TPSA) is 96.6 Å². The Morgan fingerprint density at radius 1 is 0.979 bits per heavy atom. The number of halogens is 5. The largest absolute Gasteiger partial charge is 1.00 e. The van der Waals surface area contributed by atoms with E-state index in [1.165, 1.54) is 32.2 Å². The first-order valence-electron chi connectivity index (χ1n) is 14.2. The fraction of sp³-hybridized carbons (Fsp3) is 0.303. The molecule has 0 aliphatic rings. The van der Waals surface area contributed by atoms with Crippen molar-refractivity contribution in [2.24, 2.45) is 0 Å². The van der Waals surface area contributed by atoms with Gasteiger partial charge in [0, 0.05) is 22.8 Å². The molecule has 0 spiro atoms. The van der Waals surface area contributed by atoms with Crippen molar-refractivity contribution >= 4 is 5.97 Å². The van der Waals surface area contributed by atoms with Crippen molar-refractivity contribution in [3.8, 4) is 16.9 Å². The Balaban J connectivity index is 0.00000600. The average Bonchev–Trinajstić information content (AvgIpc) is 3.00. The third-order valence-corrected chi connectivity index (χ3v) is 7.84. The van der Waals surface area contributed by atoms with E-state index >= 15 is 4.39 Å². The van der Waals surface area contributed by atoms with Crippen molar-refractivity contribution in [2.45, 2.75) is 45.1 Å². The van der Waals surface area contributed by atoms with E-state index in [1.54, 1.807) is 42.3 Å². The Morgan fingerprint density at radius 3 is 2.26 bits per heavy atom. The number of carboxylic acid groups (broad SMARTS) is 1. The van der Waals surface area contributed by atoms with Crippen LogP contribution < -0.4 is 50.6 Å². The zero-order valence-corrected chi connectivity index (χ0v) is 28.2. The second-order valence-electron chi connectivity index (χ2n) is 10.7. The first kappa shape index (κ1) is 37.7. The third-order valence-electron chi connectivity index (χ3n) is 7.84. The van der Waals surface area contributed by atoms with Crippen LogP contribution in [0.5, 0.6) is 5.75 Å². The van der Waals surface area contributed by atoms with Gasteiger partial charge in [0.2, 0.25) is 0 Å². The van der Waals surface area contributed by atoms with Gasteiger partial charge in [-0.1, -0.05) is 48.5 Å². The predicted octanol–water partition coefficient (Wildman–Crippen LogP) is 1.55. The molecule has 47 heavy (non-hydrogen) atoms. The minimum atomic E-state index is -4.96. The summed E-state index contributed by atoms with van der Waals surface area (Å²) in [5.41, 5.74) is -4.26. The van der Waals surface area contributed by atoms with Crippen molar-refractivity contribution in [2.75, 3.05) is 20.7 Å². The molecule has 0 saturated carbocycles. The number of nitrogens with zero attached hydrogens (tertiary/aromatic N) is 3. The van der Waals surface area contributed by atoms with Gasteiger partial charge in [-0.3, -0.25) is 18.8 Å². The summed E-state index contributed by atoms with van der Waals surface area (Å²) in [5.74, 6) is -3.63. The molecule has 0 saturated heterocycles. The number of carbonyl (C=O) groups excluding carboxylic acids is 1. The van der Waals surface area contributed by atoms with Gasteiger partial charge in [0.25, 0.3) is 5.56 Å². The minimum absolute atomic E-state index is 0. The summed E-state index contributed by atoms with van der Waals surface area (Å²) in [4.78, 5) is 40.9. The number of alkyl halides is 3. The van der Waals surface area contributed by atoms with Gasteiger partial charge in [0.05, 0.1) is 37.4 Å². The fourth-order valence-corrected chi connectivity index (χ4v) is 5.44. The van der Waals surface area contributed by atoms with Gasteiger partial charge in [-0.15, -0.1) is 0 Å². The number of aromatic nitrogens is 2. The summed E-state index contributed by atoms with van der Waals surface area (Å²) in [6.07, 6.45) is -5.02. The normalized spacial score (nSPS) is 12.1. The number of rotatable bonds is 12. The molecule has 1 aromatic heterocycles. The van der Waals surface area contributed by atoms with Crippen LogP contribution in [-0.2, 0) is 24.1 Å². The number of carboxylic acids is 1. The molecule has 244 valence electrons. The Hall–Kier alpha value is -3.78. The van der Waals surface area contributed by atoms with Gasteiger partial charge in [-0.05, 0) is 57.1 Å². The van der Waals surface area contributed by atoms with Crippen molar-refractivity contribution in [3.63, 3.8) is 0 Å². The number of likely N-dealkylation sites (N-methyl/N-ethyl adjacent to an activating group) is 1. The maximum absolute atomic E-state index is 15.6. The number of methoxy groups -OCH3 is 1. The molecular formula is C33H31F5N3NaO5. The summed E-state index contributed by atoms with van der Waals surface area (Å²) in [6, 6.07) is 14.3. The Labute approximate surface area is 289 Å². The maximum Gasteiger partial charge on any atom is 1.00 e. The van der Waals surface area contributed by atoms with E-state index in [0.29, 0.717) is 11.6 Å². The van der Waals surface area contributed by atoms with Crippen LogP contribution in [0.2, 0.25) is 0 Å². The molecule has 0 amide bonds. The van der Waals surface area contributed by atoms with Crippen molar-refractivity contribution in [3.05, 3.63) is 122 Å². The molecule has 0 fully saturated rings. The molecule has 8 nitrogen and oxygen atoms in total. The maximum atomic E-state index is 15.6. The number of hydrogen-bond acceptors (Lipinski definition) is 6. The summed E-state index contributed by atoms with van der Waals surface area (Å²) in [5, 5.41) is 11.0. The van der Waals surface area contributed by atoms with Crippen LogP contribution in [0.1, 0.15) is 41.3 Å². The summed E-state index contributed by atoms with van der Waals surface area (Å²) < 4.78 is 79.1. The number of aliphatic carboxylic acids is 1. The van der Waals surface area contributed by atoms with E-state index in [4.69, 9.17) is 4.74 Å². The summed E-state index contributed by atoms with van der Waals surface area (Å²) in [6.45, 7) is 0.217. The molecule has 14 heteroatoms. The summed E-state index contributed by atoms with van der Waals surface area (Å²) in [7, 11) is 2.87. The number of carbonyl (C=O) groups is 1. The van der Waals surface area contributed by atoms with E-state index in [9.17, 15) is 37.1 Å². The monoisotopic (exact) mass is 667 g/mol. The average molecular weight is 668 g/mol. The van der Waals surface area contributed by atoms with E-state index in [0.717, 1.165) is 21.3 Å². The Morgan fingerprint density at radius 2 is 1.64 bits per heavy atom. The third kappa shape index (κ3) is 8.39. The van der Waals surface area contributed by atoms with E-state index in [-0.39, 0.29) is 78.1 Å². The molecule has 0 radical (unpaired) electrons. The first-order chi connectivity index (χ1) is 21.8. The molecule has 4 aromatic rings. The Bertz CT molecular complexity index is 1840. The quantitative estimate of drug-likeness (QED) is 0.168. The standard InChI is InChI=1S/C33H32F5N3O5.Na/c1-20-29(22-12-7-15-27(46-3)30(22)35)31(44)41(19-26(21-10-5-4-6-11-21)39(2)17-9-16-28(42)43)32(45)40(20)18-23-24(33(36,37)38)13-8-14-25(23)34;/h4-8,10-15,26H,9,16-19H2,1-3H3,(H,42,43);/q;+1/p-1/t26-;/m0./s1. The van der Waals surface area contributed by atoms with Gasteiger partial charge in [-0.2, -0.15) is 13.2 Å². The van der Waals surface area contributed by atoms with Crippen LogP contribution in [0, 0.1) is 18.6 Å². The molecule has 1 heterocycles. The van der Waals surface area contributed by atoms with Gasteiger partial charge in [0.1, 0.15) is 5.82 Å². The minimum Gasteiger partial charge on any atom is -0.550 e. The predicted molar refractivity (Wildman–Crippen MR) is 158 cm³/mol. The molecular weight excluding hydrogens is 636 g/mol. The number of benzene rings is 3. The zero-order chi connectivity index (χ0) is 33.8. The van der Waals surface area contributed by atoms with Gasteiger partial charge < -0.3 is 14.6 Å². The second kappa shape index (κ2) is 15.9. The van der Waals surface area contributed by atoms with Gasteiger partial charge in [0.15, 0.2) is 11.6 Å². The molecule has 0 aliphatic carbocycles. The molecule has 0 N–H and O–H groups in total. The number of ether oxygens (including phenoxy) is 1. The van der Waals surface area contributed by atoms with E-state index in [1.807, 2.05) is 0 Å².